The van der Waals surface area contributed by atoms with Crippen molar-refractivity contribution in [1.29, 1.82) is 0 Å². The smallest absolute Gasteiger partial charge is 0.376 e. The lowest BCUT2D eigenvalue weighted by molar-refractivity contribution is -0.168. The molecule has 0 radical (unpaired) electrons. The molecule has 0 saturated heterocycles. The summed E-state index contributed by atoms with van der Waals surface area (Å²) in [5.74, 6) is -6.41. The van der Waals surface area contributed by atoms with Gasteiger partial charge in [0.1, 0.15) is 11.8 Å². The van der Waals surface area contributed by atoms with Gasteiger partial charge in [-0.1, -0.05) is 12.1 Å². The maximum Gasteiger partial charge on any atom is 0.376 e. The van der Waals surface area contributed by atoms with E-state index in [1.165, 1.54) is 0 Å². The molecule has 0 heterocycles. The van der Waals surface area contributed by atoms with Gasteiger partial charge < -0.3 is 15.9 Å². The monoisotopic (exact) mass is 217 g/mol. The Labute approximate surface area is 83.9 Å². The van der Waals surface area contributed by atoms with E-state index in [1.54, 1.807) is 0 Å². The number of hydrogen-bond donors (Lipinski definition) is 3. The molecule has 0 aliphatic carbocycles. The second-order valence-electron chi connectivity index (χ2n) is 3.00. The fraction of sp³-hybridized carbons (Fsp3) is 0.222. The van der Waals surface area contributed by atoms with Crippen molar-refractivity contribution in [2.24, 2.45) is 5.73 Å². The summed E-state index contributed by atoms with van der Waals surface area (Å²) in [6.07, 6.45) is 0. The van der Waals surface area contributed by atoms with Gasteiger partial charge >= 0.3 is 11.9 Å². The molecule has 4 N–H and O–H groups in total. The predicted molar refractivity (Wildman–Crippen MR) is 47.6 cm³/mol. The van der Waals surface area contributed by atoms with Gasteiger partial charge in [0, 0.05) is 0 Å². The van der Waals surface area contributed by atoms with E-state index in [1.807, 2.05) is 0 Å². The molecule has 0 aromatic heterocycles. The number of nitrogens with two attached hydrogens (primary N) is 1. The largest absolute Gasteiger partial charge is 0.508 e. The van der Waals surface area contributed by atoms with Crippen molar-refractivity contribution in [3.63, 3.8) is 0 Å². The SMILES string of the molecule is N[C@@H](c1ccc(O)cc1)C(F)(F)C(=O)O. The van der Waals surface area contributed by atoms with Crippen LogP contribution in [0.4, 0.5) is 8.78 Å². The van der Waals surface area contributed by atoms with E-state index < -0.39 is 17.9 Å². The number of aliphatic carboxylic acids is 1. The van der Waals surface area contributed by atoms with Crippen molar-refractivity contribution in [3.05, 3.63) is 29.8 Å². The van der Waals surface area contributed by atoms with Crippen molar-refractivity contribution < 1.29 is 23.8 Å². The summed E-state index contributed by atoms with van der Waals surface area (Å²) in [6, 6.07) is 2.68. The zero-order chi connectivity index (χ0) is 11.6. The average Bonchev–Trinajstić information content (AvgIpc) is 2.17. The van der Waals surface area contributed by atoms with Crippen LogP contribution in [0.1, 0.15) is 11.6 Å². The fourth-order valence-corrected chi connectivity index (χ4v) is 1.02. The van der Waals surface area contributed by atoms with Gasteiger partial charge in [0.15, 0.2) is 0 Å². The number of rotatable bonds is 3. The third-order valence-corrected chi connectivity index (χ3v) is 1.93. The number of aromatic hydroxyl groups is 1. The van der Waals surface area contributed by atoms with Gasteiger partial charge in [-0.15, -0.1) is 0 Å². The number of carboxylic acid groups (broad SMARTS) is 1. The Kier molecular flexibility index (Phi) is 2.90. The third-order valence-electron chi connectivity index (χ3n) is 1.93. The first-order valence-electron chi connectivity index (χ1n) is 4.01. The summed E-state index contributed by atoms with van der Waals surface area (Å²) in [6.45, 7) is 0. The molecule has 0 saturated carbocycles. The summed E-state index contributed by atoms with van der Waals surface area (Å²) in [5.41, 5.74) is 5.06. The van der Waals surface area contributed by atoms with Crippen LogP contribution in [0.3, 0.4) is 0 Å². The van der Waals surface area contributed by atoms with E-state index in [-0.39, 0.29) is 11.3 Å². The highest BCUT2D eigenvalue weighted by atomic mass is 19.3. The van der Waals surface area contributed by atoms with Gasteiger partial charge in [-0.25, -0.2) is 4.79 Å². The van der Waals surface area contributed by atoms with Gasteiger partial charge in [-0.3, -0.25) is 0 Å². The Morgan fingerprint density at radius 2 is 1.80 bits per heavy atom. The van der Waals surface area contributed by atoms with Gasteiger partial charge in [0.2, 0.25) is 0 Å². The van der Waals surface area contributed by atoms with Crippen molar-refractivity contribution in [1.82, 2.24) is 0 Å². The van der Waals surface area contributed by atoms with Crippen LogP contribution in [0, 0.1) is 0 Å². The van der Waals surface area contributed by atoms with Crippen molar-refractivity contribution in [3.8, 4) is 5.75 Å². The lowest BCUT2D eigenvalue weighted by atomic mass is 10.0. The lowest BCUT2D eigenvalue weighted by Gasteiger charge is -2.19. The van der Waals surface area contributed by atoms with E-state index in [9.17, 15) is 13.6 Å². The van der Waals surface area contributed by atoms with Crippen LogP contribution in [0.5, 0.6) is 5.75 Å². The summed E-state index contributed by atoms with van der Waals surface area (Å²) >= 11 is 0. The molecule has 4 nitrogen and oxygen atoms in total. The Morgan fingerprint density at radius 3 is 2.20 bits per heavy atom. The van der Waals surface area contributed by atoms with Crippen molar-refractivity contribution in [2.75, 3.05) is 0 Å². The molecular weight excluding hydrogens is 208 g/mol. The second kappa shape index (κ2) is 3.82. The Morgan fingerprint density at radius 1 is 1.33 bits per heavy atom. The fourth-order valence-electron chi connectivity index (χ4n) is 1.02. The first kappa shape index (κ1) is 11.4. The Balaban J connectivity index is 2.99. The van der Waals surface area contributed by atoms with Crippen LogP contribution in [-0.4, -0.2) is 22.1 Å². The summed E-state index contributed by atoms with van der Waals surface area (Å²) < 4.78 is 25.9. The van der Waals surface area contributed by atoms with Gasteiger partial charge in [-0.05, 0) is 17.7 Å². The molecule has 1 aromatic rings. The molecule has 6 heteroatoms. The highest BCUT2D eigenvalue weighted by molar-refractivity contribution is 5.76. The third kappa shape index (κ3) is 2.21. The number of hydrogen-bond acceptors (Lipinski definition) is 3. The number of phenolic OH excluding ortho intramolecular Hbond substituents is 1. The lowest BCUT2D eigenvalue weighted by Crippen LogP contribution is -2.40. The molecule has 1 atom stereocenters. The highest BCUT2D eigenvalue weighted by Gasteiger charge is 2.46. The molecule has 0 amide bonds. The number of carboxylic acids is 1. The highest BCUT2D eigenvalue weighted by Crippen LogP contribution is 2.30. The molecular formula is C9H9F2NO3. The van der Waals surface area contributed by atoms with E-state index in [4.69, 9.17) is 15.9 Å². The molecule has 1 rings (SSSR count). The minimum atomic E-state index is -4.03. The average molecular weight is 217 g/mol. The minimum absolute atomic E-state index is 0.0554. The molecule has 1 aromatic carbocycles. The molecule has 0 fully saturated rings. The first-order valence-corrected chi connectivity index (χ1v) is 4.01. The molecule has 82 valence electrons. The van der Waals surface area contributed by atoms with Crippen molar-refractivity contribution in [2.45, 2.75) is 12.0 Å². The number of phenols is 1. The molecule has 15 heavy (non-hydrogen) atoms. The molecule has 0 spiro atoms. The minimum Gasteiger partial charge on any atom is -0.508 e. The second-order valence-corrected chi connectivity index (χ2v) is 3.00. The summed E-state index contributed by atoms with van der Waals surface area (Å²) in [5, 5.41) is 17.2. The quantitative estimate of drug-likeness (QED) is 0.708. The van der Waals surface area contributed by atoms with Crippen molar-refractivity contribution >= 4 is 5.97 Å². The Bertz CT molecular complexity index is 364. The number of halogens is 2. The Hall–Kier alpha value is -1.69. The van der Waals surface area contributed by atoms with Crippen LogP contribution in [0.15, 0.2) is 24.3 Å². The predicted octanol–water partition coefficient (Wildman–Crippen LogP) is 1.11. The maximum atomic E-state index is 12.9. The summed E-state index contributed by atoms with van der Waals surface area (Å²) in [4.78, 5) is 10.2. The maximum absolute atomic E-state index is 12.9. The topological polar surface area (TPSA) is 83.5 Å². The van der Waals surface area contributed by atoms with Gasteiger partial charge in [-0.2, -0.15) is 8.78 Å². The molecule has 0 bridgehead atoms. The normalized spacial score (nSPS) is 13.5. The van der Waals surface area contributed by atoms with Crippen LogP contribution in [0.2, 0.25) is 0 Å². The zero-order valence-corrected chi connectivity index (χ0v) is 7.52. The van der Waals surface area contributed by atoms with Crippen LogP contribution < -0.4 is 5.73 Å². The van der Waals surface area contributed by atoms with E-state index in [0.717, 1.165) is 24.3 Å². The van der Waals surface area contributed by atoms with Crippen LogP contribution in [-0.2, 0) is 4.79 Å². The van der Waals surface area contributed by atoms with Gasteiger partial charge in [0.25, 0.3) is 0 Å². The summed E-state index contributed by atoms with van der Waals surface area (Å²) in [7, 11) is 0. The molecule has 0 unspecified atom stereocenters. The number of carbonyl (C=O) groups is 1. The van der Waals surface area contributed by atoms with E-state index in [2.05, 4.69) is 0 Å². The number of benzene rings is 1. The van der Waals surface area contributed by atoms with Crippen LogP contribution in [0.25, 0.3) is 0 Å². The molecule has 0 aliphatic rings. The van der Waals surface area contributed by atoms with Gasteiger partial charge in [0.05, 0.1) is 0 Å². The van der Waals surface area contributed by atoms with Crippen LogP contribution >= 0.6 is 0 Å². The molecule has 0 aliphatic heterocycles. The number of alkyl halides is 2. The van der Waals surface area contributed by atoms with E-state index in [0.29, 0.717) is 0 Å². The standard InChI is InChI=1S/C9H9F2NO3/c10-9(11,8(14)15)7(12)5-1-3-6(13)4-2-5/h1-4,7,13H,12H2,(H,14,15)/t7-/m0/s1. The first-order chi connectivity index (χ1) is 6.85. The zero-order valence-electron chi connectivity index (χ0n) is 7.52. The van der Waals surface area contributed by atoms with E-state index >= 15 is 0 Å².